The van der Waals surface area contributed by atoms with Crippen molar-refractivity contribution in [2.24, 2.45) is 0 Å². The number of halogens is 1. The van der Waals surface area contributed by atoms with Crippen LogP contribution in [0.15, 0.2) is 16.7 Å². The van der Waals surface area contributed by atoms with Crippen molar-refractivity contribution >= 4 is 32.9 Å². The lowest BCUT2D eigenvalue weighted by molar-refractivity contribution is 0.0959. The van der Waals surface area contributed by atoms with Crippen molar-refractivity contribution in [3.05, 3.63) is 22.4 Å². The predicted molar refractivity (Wildman–Crippen MR) is 55.0 cm³/mol. The number of amides is 1. The van der Waals surface area contributed by atoms with Gasteiger partial charge in [0.15, 0.2) is 5.65 Å². The number of nitrogens with zero attached hydrogens (tertiary/aromatic N) is 2. The maximum atomic E-state index is 11.4. The summed E-state index contributed by atoms with van der Waals surface area (Å²) in [7, 11) is 1.57. The number of carbonyl (C=O) groups is 1. The Morgan fingerprint density at radius 2 is 2.43 bits per heavy atom. The van der Waals surface area contributed by atoms with Crippen molar-refractivity contribution in [3.63, 3.8) is 0 Å². The highest BCUT2D eigenvalue weighted by atomic mass is 79.9. The molecule has 0 aliphatic heterocycles. The summed E-state index contributed by atoms with van der Waals surface area (Å²) in [6.07, 6.45) is 1.64. The molecule has 0 aliphatic rings. The predicted octanol–water partition coefficient (Wildman–Crippen LogP) is 1.08. The third-order valence-corrected chi connectivity index (χ3v) is 2.26. The highest BCUT2D eigenvalue weighted by molar-refractivity contribution is 9.10. The van der Waals surface area contributed by atoms with Crippen LogP contribution >= 0.6 is 15.9 Å². The van der Waals surface area contributed by atoms with Crippen LogP contribution in [-0.4, -0.2) is 28.1 Å². The molecule has 0 atom stereocenters. The Balaban J connectivity index is 2.67. The van der Waals surface area contributed by atoms with Gasteiger partial charge in [0.25, 0.3) is 5.91 Å². The van der Waals surface area contributed by atoms with Crippen molar-refractivity contribution < 1.29 is 4.79 Å². The molecule has 0 spiro atoms. The van der Waals surface area contributed by atoms with E-state index in [-0.39, 0.29) is 5.91 Å². The summed E-state index contributed by atoms with van der Waals surface area (Å²) >= 11 is 3.29. The number of nitrogens with one attached hydrogen (secondary N) is 2. The number of fused-ring (bicyclic) bond motifs is 1. The van der Waals surface area contributed by atoms with Gasteiger partial charge in [-0.25, -0.2) is 4.98 Å². The summed E-state index contributed by atoms with van der Waals surface area (Å²) in [6, 6.07) is 1.80. The van der Waals surface area contributed by atoms with Gasteiger partial charge >= 0.3 is 0 Å². The van der Waals surface area contributed by atoms with Crippen LogP contribution in [0.3, 0.4) is 0 Å². The number of aromatic amines is 1. The molecule has 5 nitrogen and oxygen atoms in total. The van der Waals surface area contributed by atoms with Gasteiger partial charge in [0.1, 0.15) is 5.69 Å². The van der Waals surface area contributed by atoms with Gasteiger partial charge in [-0.3, -0.25) is 9.89 Å². The topological polar surface area (TPSA) is 70.7 Å². The summed E-state index contributed by atoms with van der Waals surface area (Å²) < 4.78 is 0.816. The molecule has 2 aromatic heterocycles. The maximum absolute atomic E-state index is 11.4. The zero-order valence-corrected chi connectivity index (χ0v) is 8.92. The molecule has 0 aromatic carbocycles. The van der Waals surface area contributed by atoms with Crippen LogP contribution < -0.4 is 5.32 Å². The third-order valence-electron chi connectivity index (χ3n) is 1.83. The Bertz CT molecular complexity index is 493. The average molecular weight is 255 g/mol. The number of rotatable bonds is 1. The molecular formula is C8H7BrN4O. The Hall–Kier alpha value is -1.43. The SMILES string of the molecule is CNC(=O)c1[nH]nc2ncc(Br)cc12. The number of hydrogen-bond acceptors (Lipinski definition) is 3. The van der Waals surface area contributed by atoms with Gasteiger partial charge in [-0.1, -0.05) is 0 Å². The molecule has 0 aliphatic carbocycles. The highest BCUT2D eigenvalue weighted by Gasteiger charge is 2.12. The quantitative estimate of drug-likeness (QED) is 0.800. The van der Waals surface area contributed by atoms with E-state index in [1.165, 1.54) is 0 Å². The van der Waals surface area contributed by atoms with E-state index in [4.69, 9.17) is 0 Å². The van der Waals surface area contributed by atoms with Crippen molar-refractivity contribution in [1.82, 2.24) is 20.5 Å². The molecule has 2 N–H and O–H groups in total. The van der Waals surface area contributed by atoms with Crippen LogP contribution in [-0.2, 0) is 0 Å². The smallest absolute Gasteiger partial charge is 0.269 e. The van der Waals surface area contributed by atoms with Crippen molar-refractivity contribution in [2.75, 3.05) is 7.05 Å². The van der Waals surface area contributed by atoms with Gasteiger partial charge in [-0.15, -0.1) is 0 Å². The van der Waals surface area contributed by atoms with E-state index in [9.17, 15) is 4.79 Å². The van der Waals surface area contributed by atoms with E-state index < -0.39 is 0 Å². The normalized spacial score (nSPS) is 10.4. The zero-order valence-electron chi connectivity index (χ0n) is 7.34. The molecule has 6 heteroatoms. The number of H-pyrrole nitrogens is 1. The van der Waals surface area contributed by atoms with Crippen LogP contribution in [0.2, 0.25) is 0 Å². The van der Waals surface area contributed by atoms with E-state index in [2.05, 4.69) is 36.4 Å². The van der Waals surface area contributed by atoms with Crippen LogP contribution in [0, 0.1) is 0 Å². The van der Waals surface area contributed by atoms with Crippen LogP contribution in [0.5, 0.6) is 0 Å². The minimum Gasteiger partial charge on any atom is -0.354 e. The lowest BCUT2D eigenvalue weighted by Gasteiger charge is -1.95. The van der Waals surface area contributed by atoms with E-state index in [1.807, 2.05) is 0 Å². The summed E-state index contributed by atoms with van der Waals surface area (Å²) in [6.45, 7) is 0. The number of hydrogen-bond donors (Lipinski definition) is 2. The molecule has 0 bridgehead atoms. The fourth-order valence-electron chi connectivity index (χ4n) is 1.17. The first kappa shape index (κ1) is 9.14. The molecule has 0 radical (unpaired) electrons. The van der Waals surface area contributed by atoms with Gasteiger partial charge < -0.3 is 5.32 Å². The Labute approximate surface area is 88.0 Å². The fourth-order valence-corrected chi connectivity index (χ4v) is 1.50. The maximum Gasteiger partial charge on any atom is 0.269 e. The Kier molecular flexibility index (Phi) is 2.20. The van der Waals surface area contributed by atoms with Crippen molar-refractivity contribution in [2.45, 2.75) is 0 Å². The molecule has 72 valence electrons. The van der Waals surface area contributed by atoms with E-state index in [0.717, 1.165) is 4.47 Å². The lowest BCUT2D eigenvalue weighted by atomic mass is 10.2. The number of carbonyl (C=O) groups excluding carboxylic acids is 1. The first-order valence-corrected chi connectivity index (χ1v) is 4.73. The fraction of sp³-hybridized carbons (Fsp3) is 0.125. The summed E-state index contributed by atoms with van der Waals surface area (Å²) in [4.78, 5) is 15.4. The second-order valence-corrected chi connectivity index (χ2v) is 3.62. The van der Waals surface area contributed by atoms with E-state index >= 15 is 0 Å². The minimum atomic E-state index is -0.201. The monoisotopic (exact) mass is 254 g/mol. The number of pyridine rings is 1. The summed E-state index contributed by atoms with van der Waals surface area (Å²) in [5.74, 6) is -0.201. The average Bonchev–Trinajstić information content (AvgIpc) is 2.59. The molecule has 14 heavy (non-hydrogen) atoms. The molecule has 0 fully saturated rings. The van der Waals surface area contributed by atoms with E-state index in [1.54, 1.807) is 19.3 Å². The van der Waals surface area contributed by atoms with Gasteiger partial charge in [-0.05, 0) is 22.0 Å². The van der Waals surface area contributed by atoms with Crippen LogP contribution in [0.4, 0.5) is 0 Å². The van der Waals surface area contributed by atoms with Crippen LogP contribution in [0.25, 0.3) is 11.0 Å². The molecule has 2 rings (SSSR count). The highest BCUT2D eigenvalue weighted by Crippen LogP contribution is 2.18. The second kappa shape index (κ2) is 3.38. The van der Waals surface area contributed by atoms with E-state index in [0.29, 0.717) is 16.7 Å². The Morgan fingerprint density at radius 1 is 1.64 bits per heavy atom. The largest absolute Gasteiger partial charge is 0.354 e. The molecule has 2 heterocycles. The Morgan fingerprint density at radius 3 is 3.14 bits per heavy atom. The molecular weight excluding hydrogens is 248 g/mol. The molecule has 0 saturated heterocycles. The van der Waals surface area contributed by atoms with Crippen molar-refractivity contribution in [1.29, 1.82) is 0 Å². The second-order valence-electron chi connectivity index (χ2n) is 2.70. The standard InChI is InChI=1S/C8H7BrN4O/c1-10-8(14)6-5-2-4(9)3-11-7(5)13-12-6/h2-3H,1H3,(H,10,14)(H,11,12,13). The molecule has 0 unspecified atom stereocenters. The molecule has 0 saturated carbocycles. The zero-order chi connectivity index (χ0) is 10.1. The minimum absolute atomic E-state index is 0.201. The van der Waals surface area contributed by atoms with Crippen molar-refractivity contribution in [3.8, 4) is 0 Å². The van der Waals surface area contributed by atoms with Gasteiger partial charge in [0.05, 0.1) is 5.39 Å². The van der Waals surface area contributed by atoms with Crippen LogP contribution in [0.1, 0.15) is 10.5 Å². The van der Waals surface area contributed by atoms with Gasteiger partial charge in [0, 0.05) is 17.7 Å². The first-order valence-electron chi connectivity index (χ1n) is 3.94. The first-order chi connectivity index (χ1) is 6.72. The number of aromatic nitrogens is 3. The van der Waals surface area contributed by atoms with Gasteiger partial charge in [0.2, 0.25) is 0 Å². The lowest BCUT2D eigenvalue weighted by Crippen LogP contribution is -2.18. The molecule has 1 amide bonds. The molecule has 2 aromatic rings. The summed E-state index contributed by atoms with van der Waals surface area (Å²) in [5.41, 5.74) is 0.961. The van der Waals surface area contributed by atoms with Gasteiger partial charge in [-0.2, -0.15) is 5.10 Å². The summed E-state index contributed by atoms with van der Waals surface area (Å²) in [5, 5.41) is 9.79. The third kappa shape index (κ3) is 1.37.